The lowest BCUT2D eigenvalue weighted by Gasteiger charge is -2.10. The monoisotopic (exact) mass is 338 g/mol. The van der Waals surface area contributed by atoms with Crippen LogP contribution in [0.5, 0.6) is 17.2 Å². The Morgan fingerprint density at radius 1 is 0.900 bits per heavy atom. The van der Waals surface area contributed by atoms with Crippen LogP contribution >= 0.6 is 15.9 Å². The van der Waals surface area contributed by atoms with Gasteiger partial charge in [0.25, 0.3) is 0 Å². The SMILES string of the molecule is C.COc1cc(COc2cccc(Br)c2)cc(OC)c1. The molecular formula is C16H19BrO3. The van der Waals surface area contributed by atoms with Crippen LogP contribution in [-0.2, 0) is 6.61 Å². The van der Waals surface area contributed by atoms with E-state index in [9.17, 15) is 0 Å². The largest absolute Gasteiger partial charge is 0.497 e. The molecule has 0 aliphatic carbocycles. The predicted molar refractivity (Wildman–Crippen MR) is 84.8 cm³/mol. The fraction of sp³-hybridized carbons (Fsp3) is 0.250. The van der Waals surface area contributed by atoms with E-state index in [1.165, 1.54) is 0 Å². The topological polar surface area (TPSA) is 27.7 Å². The summed E-state index contributed by atoms with van der Waals surface area (Å²) in [5.74, 6) is 2.33. The van der Waals surface area contributed by atoms with E-state index in [1.54, 1.807) is 14.2 Å². The van der Waals surface area contributed by atoms with Crippen molar-refractivity contribution in [2.75, 3.05) is 14.2 Å². The van der Waals surface area contributed by atoms with Gasteiger partial charge in [0.05, 0.1) is 14.2 Å². The number of halogens is 1. The Labute approximate surface area is 128 Å². The van der Waals surface area contributed by atoms with Crippen molar-refractivity contribution in [1.82, 2.24) is 0 Å². The Hall–Kier alpha value is -1.68. The molecule has 0 aromatic heterocycles. The van der Waals surface area contributed by atoms with Crippen LogP contribution in [0.15, 0.2) is 46.9 Å². The van der Waals surface area contributed by atoms with Gasteiger partial charge in [0.2, 0.25) is 0 Å². The third-order valence-electron chi connectivity index (χ3n) is 2.61. The number of hydrogen-bond acceptors (Lipinski definition) is 3. The molecule has 0 saturated heterocycles. The van der Waals surface area contributed by atoms with E-state index in [-0.39, 0.29) is 7.43 Å². The summed E-state index contributed by atoms with van der Waals surface area (Å²) in [4.78, 5) is 0. The maximum Gasteiger partial charge on any atom is 0.122 e. The zero-order valence-corrected chi connectivity index (χ0v) is 12.4. The van der Waals surface area contributed by atoms with Crippen LogP contribution in [0.3, 0.4) is 0 Å². The van der Waals surface area contributed by atoms with Crippen LogP contribution in [0.4, 0.5) is 0 Å². The molecule has 4 heteroatoms. The van der Waals surface area contributed by atoms with Crippen LogP contribution in [0.1, 0.15) is 13.0 Å². The van der Waals surface area contributed by atoms with Crippen molar-refractivity contribution in [2.45, 2.75) is 14.0 Å². The first kappa shape index (κ1) is 16.4. The second-order valence-corrected chi connectivity index (χ2v) is 4.88. The molecule has 0 spiro atoms. The van der Waals surface area contributed by atoms with Gasteiger partial charge in [-0.2, -0.15) is 0 Å². The van der Waals surface area contributed by atoms with Crippen molar-refractivity contribution >= 4 is 15.9 Å². The van der Waals surface area contributed by atoms with Crippen molar-refractivity contribution in [3.63, 3.8) is 0 Å². The molecule has 3 nitrogen and oxygen atoms in total. The van der Waals surface area contributed by atoms with Crippen LogP contribution in [0.25, 0.3) is 0 Å². The molecule has 20 heavy (non-hydrogen) atoms. The number of hydrogen-bond donors (Lipinski definition) is 0. The summed E-state index contributed by atoms with van der Waals surface area (Å²) < 4.78 is 17.2. The second kappa shape index (κ2) is 7.80. The minimum atomic E-state index is 0. The Morgan fingerprint density at radius 3 is 2.10 bits per heavy atom. The van der Waals surface area contributed by atoms with E-state index < -0.39 is 0 Å². The van der Waals surface area contributed by atoms with Crippen LogP contribution in [0, 0.1) is 0 Å². The van der Waals surface area contributed by atoms with Crippen molar-refractivity contribution in [3.05, 3.63) is 52.5 Å². The normalized spacial score (nSPS) is 9.55. The van der Waals surface area contributed by atoms with Gasteiger partial charge in [-0.25, -0.2) is 0 Å². The van der Waals surface area contributed by atoms with E-state index >= 15 is 0 Å². The van der Waals surface area contributed by atoms with Gasteiger partial charge in [-0.05, 0) is 35.9 Å². The minimum Gasteiger partial charge on any atom is -0.497 e. The highest BCUT2D eigenvalue weighted by Crippen LogP contribution is 2.24. The summed E-state index contributed by atoms with van der Waals surface area (Å²) in [6, 6.07) is 13.4. The molecule has 2 aromatic carbocycles. The Kier molecular flexibility index (Phi) is 6.39. The van der Waals surface area contributed by atoms with E-state index in [0.717, 1.165) is 27.3 Å². The molecule has 108 valence electrons. The maximum absolute atomic E-state index is 5.73. The predicted octanol–water partition coefficient (Wildman–Crippen LogP) is 4.68. The van der Waals surface area contributed by atoms with Gasteiger partial charge in [0.15, 0.2) is 0 Å². The maximum atomic E-state index is 5.73. The molecule has 0 amide bonds. The Morgan fingerprint density at radius 2 is 1.55 bits per heavy atom. The molecule has 0 bridgehead atoms. The lowest BCUT2D eigenvalue weighted by atomic mass is 10.2. The molecule has 0 N–H and O–H groups in total. The van der Waals surface area contributed by atoms with Gasteiger partial charge in [0, 0.05) is 10.5 Å². The smallest absolute Gasteiger partial charge is 0.122 e. The summed E-state index contributed by atoms with van der Waals surface area (Å²) in [7, 11) is 3.27. The Balaban J connectivity index is 0.00000200. The fourth-order valence-corrected chi connectivity index (χ4v) is 2.05. The summed E-state index contributed by atoms with van der Waals surface area (Å²) in [5.41, 5.74) is 0.996. The highest BCUT2D eigenvalue weighted by Gasteiger charge is 2.03. The van der Waals surface area contributed by atoms with Crippen molar-refractivity contribution < 1.29 is 14.2 Å². The van der Waals surface area contributed by atoms with E-state index in [2.05, 4.69) is 15.9 Å². The third kappa shape index (κ3) is 4.46. The molecule has 0 fully saturated rings. The second-order valence-electron chi connectivity index (χ2n) is 3.97. The molecule has 0 aliphatic rings. The first-order valence-corrected chi connectivity index (χ1v) is 6.61. The molecule has 0 saturated carbocycles. The molecular weight excluding hydrogens is 320 g/mol. The van der Waals surface area contributed by atoms with Crippen LogP contribution < -0.4 is 14.2 Å². The minimum absolute atomic E-state index is 0. The molecule has 0 radical (unpaired) electrons. The third-order valence-corrected chi connectivity index (χ3v) is 3.11. The average molecular weight is 339 g/mol. The lowest BCUT2D eigenvalue weighted by Crippen LogP contribution is -1.97. The number of benzene rings is 2. The molecule has 2 aromatic rings. The fourth-order valence-electron chi connectivity index (χ4n) is 1.67. The van der Waals surface area contributed by atoms with E-state index in [4.69, 9.17) is 14.2 Å². The summed E-state index contributed by atoms with van der Waals surface area (Å²) >= 11 is 3.41. The van der Waals surface area contributed by atoms with Crippen LogP contribution in [0.2, 0.25) is 0 Å². The van der Waals surface area contributed by atoms with Crippen molar-refractivity contribution in [2.24, 2.45) is 0 Å². The highest BCUT2D eigenvalue weighted by atomic mass is 79.9. The van der Waals surface area contributed by atoms with Crippen molar-refractivity contribution in [3.8, 4) is 17.2 Å². The first-order valence-electron chi connectivity index (χ1n) is 5.81. The highest BCUT2D eigenvalue weighted by molar-refractivity contribution is 9.10. The molecule has 0 heterocycles. The van der Waals surface area contributed by atoms with Gasteiger partial charge in [-0.1, -0.05) is 29.4 Å². The molecule has 2 rings (SSSR count). The van der Waals surface area contributed by atoms with Crippen LogP contribution in [-0.4, -0.2) is 14.2 Å². The summed E-state index contributed by atoms with van der Waals surface area (Å²) in [6.45, 7) is 0.462. The first-order chi connectivity index (χ1) is 9.21. The average Bonchev–Trinajstić information content (AvgIpc) is 2.44. The van der Waals surface area contributed by atoms with Crippen molar-refractivity contribution in [1.29, 1.82) is 0 Å². The van der Waals surface area contributed by atoms with Gasteiger partial charge in [0.1, 0.15) is 23.9 Å². The molecule has 0 atom stereocenters. The quantitative estimate of drug-likeness (QED) is 0.792. The standard InChI is InChI=1S/C15H15BrO3.CH4/c1-17-14-6-11(7-15(9-14)18-2)10-19-13-5-3-4-12(16)8-13;/h3-9H,10H2,1-2H3;1H4. The number of ether oxygens (including phenoxy) is 3. The summed E-state index contributed by atoms with van der Waals surface area (Å²) in [6.07, 6.45) is 0. The van der Waals surface area contributed by atoms with E-state index in [1.807, 2.05) is 42.5 Å². The Bertz CT molecular complexity index is 533. The summed E-state index contributed by atoms with van der Waals surface area (Å²) in [5, 5.41) is 0. The number of rotatable bonds is 5. The van der Waals surface area contributed by atoms with Gasteiger partial charge in [-0.15, -0.1) is 0 Å². The lowest BCUT2D eigenvalue weighted by molar-refractivity contribution is 0.303. The molecule has 0 unspecified atom stereocenters. The molecule has 0 aliphatic heterocycles. The zero-order valence-electron chi connectivity index (χ0n) is 10.9. The number of methoxy groups -OCH3 is 2. The van der Waals surface area contributed by atoms with E-state index in [0.29, 0.717) is 6.61 Å². The van der Waals surface area contributed by atoms with Gasteiger partial charge >= 0.3 is 0 Å². The zero-order chi connectivity index (χ0) is 13.7. The van der Waals surface area contributed by atoms with Gasteiger partial charge < -0.3 is 14.2 Å². The van der Waals surface area contributed by atoms with Gasteiger partial charge in [-0.3, -0.25) is 0 Å².